The van der Waals surface area contributed by atoms with Crippen LogP contribution in [0, 0.1) is 5.92 Å². The van der Waals surface area contributed by atoms with Crippen LogP contribution in [0.3, 0.4) is 0 Å². The van der Waals surface area contributed by atoms with Gasteiger partial charge in [-0.3, -0.25) is 24.2 Å². The van der Waals surface area contributed by atoms with Gasteiger partial charge in [0.15, 0.2) is 12.2 Å². The van der Waals surface area contributed by atoms with E-state index < -0.39 is 55.1 Å². The first-order chi connectivity index (χ1) is 17.6. The van der Waals surface area contributed by atoms with E-state index in [1.165, 1.54) is 32.4 Å². The van der Waals surface area contributed by atoms with Gasteiger partial charge in [-0.05, 0) is 31.7 Å². The van der Waals surface area contributed by atoms with Crippen molar-refractivity contribution in [3.63, 3.8) is 0 Å². The molecule has 2 heterocycles. The van der Waals surface area contributed by atoms with Crippen molar-refractivity contribution in [2.45, 2.75) is 64.7 Å². The number of hydrogen-bond donors (Lipinski definition) is 2. The van der Waals surface area contributed by atoms with E-state index in [4.69, 9.17) is 14.0 Å². The molecule has 4 atom stereocenters. The highest BCUT2D eigenvalue weighted by Gasteiger charge is 2.44. The third-order valence-electron chi connectivity index (χ3n) is 5.62. The first-order valence-corrected chi connectivity index (χ1v) is 12.1. The van der Waals surface area contributed by atoms with Crippen LogP contribution in [-0.2, 0) is 34.9 Å². The summed E-state index contributed by atoms with van der Waals surface area (Å²) in [6.07, 6.45) is 2.65. The quantitative estimate of drug-likeness (QED) is 0.476. The minimum atomic E-state index is -1.37. The third kappa shape index (κ3) is 8.11. The molecule has 0 unspecified atom stereocenters. The lowest BCUT2D eigenvalue weighted by atomic mass is 9.73. The molecule has 1 aliphatic heterocycles. The smallest absolute Gasteiger partial charge is 0.496 e. The summed E-state index contributed by atoms with van der Waals surface area (Å²) in [4.78, 5) is 59.1. The molecule has 2 amide bonds. The van der Waals surface area contributed by atoms with Crippen LogP contribution in [0.4, 0.5) is 0 Å². The Morgan fingerprint density at radius 1 is 1.00 bits per heavy atom. The zero-order valence-corrected chi connectivity index (χ0v) is 21.2. The molecule has 196 valence electrons. The maximum atomic E-state index is 13.5. The van der Waals surface area contributed by atoms with Crippen molar-refractivity contribution in [3.05, 3.63) is 60.2 Å². The zero-order valence-electron chi connectivity index (χ0n) is 21.2. The molecular formula is C25H31BN4O7. The first-order valence-electron chi connectivity index (χ1n) is 12.1. The summed E-state index contributed by atoms with van der Waals surface area (Å²) in [5.74, 6) is -3.38. The number of aromatic nitrogens is 2. The highest BCUT2D eigenvalue weighted by atomic mass is 16.7. The van der Waals surface area contributed by atoms with Crippen LogP contribution in [0.25, 0.3) is 0 Å². The van der Waals surface area contributed by atoms with Crippen LogP contribution in [-0.4, -0.2) is 65.0 Å². The fourth-order valence-electron chi connectivity index (χ4n) is 3.76. The fraction of sp³-hybridized carbons (Fsp3) is 0.440. The Hall–Kier alpha value is -3.80. The lowest BCUT2D eigenvalue weighted by Gasteiger charge is -2.30. The van der Waals surface area contributed by atoms with Gasteiger partial charge >= 0.3 is 19.1 Å². The summed E-state index contributed by atoms with van der Waals surface area (Å²) in [7, 11) is -1.37. The number of amides is 2. The number of carbonyl (C=O) groups is 4. The monoisotopic (exact) mass is 510 g/mol. The van der Waals surface area contributed by atoms with Gasteiger partial charge in [0.05, 0.1) is 12.1 Å². The summed E-state index contributed by atoms with van der Waals surface area (Å²) in [6.45, 7) is 6.78. The maximum absolute atomic E-state index is 13.5. The predicted octanol–water partition coefficient (Wildman–Crippen LogP) is 1.27. The summed E-state index contributed by atoms with van der Waals surface area (Å²) in [5, 5.41) is 5.54. The van der Waals surface area contributed by atoms with Crippen molar-refractivity contribution >= 4 is 30.9 Å². The van der Waals surface area contributed by atoms with Gasteiger partial charge in [0.25, 0.3) is 5.91 Å². The van der Waals surface area contributed by atoms with Crippen LogP contribution < -0.4 is 10.6 Å². The van der Waals surface area contributed by atoms with E-state index in [9.17, 15) is 19.2 Å². The molecule has 37 heavy (non-hydrogen) atoms. The SMILES string of the molecule is CC(C)C[C@H](NC(=O)[C@H](Cc1ccccc1)NC(=O)c1cnccn1)B1OC(=O)[C@@H](C)O[C@H](C)C(=O)O1. The zero-order chi connectivity index (χ0) is 26.9. The number of ether oxygens (including phenoxy) is 1. The Bertz CT molecular complexity index is 1060. The normalized spacial score (nSPS) is 19.6. The van der Waals surface area contributed by atoms with E-state index in [1.54, 1.807) is 0 Å². The molecule has 0 aliphatic carbocycles. The molecule has 1 fully saturated rings. The van der Waals surface area contributed by atoms with Crippen LogP contribution in [0.1, 0.15) is 50.2 Å². The van der Waals surface area contributed by atoms with Crippen molar-refractivity contribution in [2.75, 3.05) is 0 Å². The minimum Gasteiger partial charge on any atom is -0.496 e. The average molecular weight is 510 g/mol. The predicted molar refractivity (Wildman–Crippen MR) is 133 cm³/mol. The van der Waals surface area contributed by atoms with Crippen molar-refractivity contribution < 1.29 is 33.2 Å². The standard InChI is InChI=1S/C25H31BN4O7/c1-15(2)12-21(26-36-24(33)16(3)35-17(4)25(34)37-26)30-22(31)19(13-18-8-6-5-7-9-18)29-23(32)20-14-27-10-11-28-20/h5-11,14-17,19,21H,12-13H2,1-4H3,(H,29,32)(H,30,31)/t16-,17-,19+,21+/m1/s1. The lowest BCUT2D eigenvalue weighted by molar-refractivity contribution is -0.168. The second kappa shape index (κ2) is 13.0. The molecular weight excluding hydrogens is 479 g/mol. The Morgan fingerprint density at radius 3 is 2.22 bits per heavy atom. The molecule has 1 aromatic carbocycles. The maximum Gasteiger partial charge on any atom is 0.622 e. The Morgan fingerprint density at radius 2 is 1.65 bits per heavy atom. The van der Waals surface area contributed by atoms with Gasteiger partial charge in [-0.15, -0.1) is 0 Å². The Kier molecular flexibility index (Phi) is 9.73. The molecule has 2 aromatic rings. The average Bonchev–Trinajstić information content (AvgIpc) is 2.87. The van der Waals surface area contributed by atoms with Gasteiger partial charge in [0.1, 0.15) is 11.7 Å². The number of carbonyl (C=O) groups excluding carboxylic acids is 4. The molecule has 0 saturated carbocycles. The van der Waals surface area contributed by atoms with E-state index in [0.717, 1.165) is 5.56 Å². The number of hydrogen-bond acceptors (Lipinski definition) is 9. The van der Waals surface area contributed by atoms with Gasteiger partial charge < -0.3 is 24.7 Å². The van der Waals surface area contributed by atoms with Crippen molar-refractivity contribution in [3.8, 4) is 0 Å². The van der Waals surface area contributed by atoms with Crippen molar-refractivity contribution in [1.29, 1.82) is 0 Å². The Labute approximate surface area is 215 Å². The van der Waals surface area contributed by atoms with Crippen molar-refractivity contribution in [2.24, 2.45) is 5.92 Å². The molecule has 12 heteroatoms. The number of nitrogens with zero attached hydrogens (tertiary/aromatic N) is 2. The lowest BCUT2D eigenvalue weighted by Crippen LogP contribution is -2.58. The summed E-state index contributed by atoms with van der Waals surface area (Å²) in [5.41, 5.74) is 0.865. The molecule has 1 saturated heterocycles. The van der Waals surface area contributed by atoms with E-state index in [-0.39, 0.29) is 18.0 Å². The second-order valence-electron chi connectivity index (χ2n) is 9.21. The molecule has 0 spiro atoms. The summed E-state index contributed by atoms with van der Waals surface area (Å²) >= 11 is 0. The largest absolute Gasteiger partial charge is 0.622 e. The highest BCUT2D eigenvalue weighted by molar-refractivity contribution is 6.51. The van der Waals surface area contributed by atoms with E-state index in [2.05, 4.69) is 20.6 Å². The van der Waals surface area contributed by atoms with Gasteiger partial charge in [-0.1, -0.05) is 44.2 Å². The van der Waals surface area contributed by atoms with Crippen LogP contribution in [0.5, 0.6) is 0 Å². The molecule has 1 aromatic heterocycles. The van der Waals surface area contributed by atoms with Crippen LogP contribution >= 0.6 is 0 Å². The third-order valence-corrected chi connectivity index (χ3v) is 5.62. The Balaban J connectivity index is 1.84. The van der Waals surface area contributed by atoms with Crippen LogP contribution in [0.15, 0.2) is 48.9 Å². The van der Waals surface area contributed by atoms with Gasteiger partial charge in [0, 0.05) is 18.8 Å². The molecule has 11 nitrogen and oxygen atoms in total. The van der Waals surface area contributed by atoms with Gasteiger partial charge in [-0.2, -0.15) is 0 Å². The molecule has 0 bridgehead atoms. The first kappa shape index (κ1) is 27.8. The number of nitrogens with one attached hydrogen (secondary N) is 2. The molecule has 0 radical (unpaired) electrons. The molecule has 2 N–H and O–H groups in total. The van der Waals surface area contributed by atoms with E-state index >= 15 is 0 Å². The number of rotatable bonds is 9. The fourth-order valence-corrected chi connectivity index (χ4v) is 3.76. The van der Waals surface area contributed by atoms with Crippen LogP contribution in [0.2, 0.25) is 0 Å². The highest BCUT2D eigenvalue weighted by Crippen LogP contribution is 2.16. The van der Waals surface area contributed by atoms with E-state index in [1.807, 2.05) is 44.2 Å². The van der Waals surface area contributed by atoms with Crippen molar-refractivity contribution in [1.82, 2.24) is 20.6 Å². The summed E-state index contributed by atoms with van der Waals surface area (Å²) < 4.78 is 16.1. The number of benzene rings is 1. The molecule has 3 rings (SSSR count). The van der Waals surface area contributed by atoms with E-state index in [0.29, 0.717) is 6.42 Å². The second-order valence-corrected chi connectivity index (χ2v) is 9.21. The molecule has 1 aliphatic rings. The minimum absolute atomic E-state index is 0.0426. The topological polar surface area (TPSA) is 146 Å². The summed E-state index contributed by atoms with van der Waals surface area (Å²) in [6, 6.07) is 8.16. The van der Waals surface area contributed by atoms with Gasteiger partial charge in [-0.25, -0.2) is 4.98 Å². The van der Waals surface area contributed by atoms with Gasteiger partial charge in [0.2, 0.25) is 5.91 Å².